The summed E-state index contributed by atoms with van der Waals surface area (Å²) in [5, 5.41) is 0. The van der Waals surface area contributed by atoms with Gasteiger partial charge in [-0.2, -0.15) is 0 Å². The van der Waals surface area contributed by atoms with Crippen LogP contribution in [0.15, 0.2) is 48.5 Å². The Bertz CT molecular complexity index is 411. The van der Waals surface area contributed by atoms with Gasteiger partial charge in [0.05, 0.1) is 0 Å². The van der Waals surface area contributed by atoms with Gasteiger partial charge >= 0.3 is 0 Å². The molecule has 0 saturated carbocycles. The van der Waals surface area contributed by atoms with E-state index in [4.69, 9.17) is 11.5 Å². The van der Waals surface area contributed by atoms with Crippen molar-refractivity contribution in [3.05, 3.63) is 48.5 Å². The van der Waals surface area contributed by atoms with E-state index in [1.807, 2.05) is 48.5 Å². The summed E-state index contributed by atoms with van der Waals surface area (Å²) in [6.07, 6.45) is 0. The van der Waals surface area contributed by atoms with Crippen molar-refractivity contribution in [2.75, 3.05) is 11.5 Å². The van der Waals surface area contributed by atoms with Gasteiger partial charge in [0, 0.05) is 11.4 Å². The van der Waals surface area contributed by atoms with Crippen molar-refractivity contribution >= 4 is 11.4 Å². The predicted octanol–water partition coefficient (Wildman–Crippen LogP) is 1.69. The monoisotopic (exact) mass is 202 g/mol. The summed E-state index contributed by atoms with van der Waals surface area (Å²) in [5.41, 5.74) is 15.1. The predicted molar refractivity (Wildman–Crippen MR) is 64.3 cm³/mol. The molecule has 15 heavy (non-hydrogen) atoms. The van der Waals surface area contributed by atoms with Crippen molar-refractivity contribution in [2.24, 2.45) is 0 Å². The van der Waals surface area contributed by atoms with Crippen LogP contribution in [0.5, 0.6) is 0 Å². The van der Waals surface area contributed by atoms with Gasteiger partial charge in [0.1, 0.15) is 0 Å². The summed E-state index contributed by atoms with van der Waals surface area (Å²) >= 11 is 0. The van der Waals surface area contributed by atoms with Crippen molar-refractivity contribution in [2.45, 2.75) is 0 Å². The van der Waals surface area contributed by atoms with Gasteiger partial charge in [-0.25, -0.2) is 0 Å². The van der Waals surface area contributed by atoms with Crippen LogP contribution in [0.3, 0.4) is 0 Å². The van der Waals surface area contributed by atoms with Crippen molar-refractivity contribution in [3.63, 3.8) is 0 Å². The summed E-state index contributed by atoms with van der Waals surface area (Å²) in [5.74, 6) is 0. The molecule has 0 bridgehead atoms. The Morgan fingerprint density at radius 2 is 1.07 bits per heavy atom. The number of rotatable bonds is 1. The Morgan fingerprint density at radius 3 is 1.40 bits per heavy atom. The van der Waals surface area contributed by atoms with Crippen LogP contribution < -0.4 is 11.5 Å². The van der Waals surface area contributed by atoms with Gasteiger partial charge < -0.3 is 16.9 Å². The van der Waals surface area contributed by atoms with Crippen LogP contribution in [0.25, 0.3) is 11.1 Å². The lowest BCUT2D eigenvalue weighted by atomic mass is 10.0. The largest absolute Gasteiger partial charge is 0.412 e. The second kappa shape index (κ2) is 4.48. The van der Waals surface area contributed by atoms with E-state index >= 15 is 0 Å². The molecule has 2 aromatic carbocycles. The fourth-order valence-electron chi connectivity index (χ4n) is 1.44. The lowest BCUT2D eigenvalue weighted by molar-refractivity contribution is 0.824. The highest BCUT2D eigenvalue weighted by Crippen LogP contribution is 2.22. The van der Waals surface area contributed by atoms with E-state index < -0.39 is 0 Å². The third kappa shape index (κ3) is 2.48. The Kier molecular flexibility index (Phi) is 3.31. The lowest BCUT2D eigenvalue weighted by Crippen LogP contribution is -1.87. The molecule has 0 amide bonds. The van der Waals surface area contributed by atoms with Crippen molar-refractivity contribution < 1.29 is 5.48 Å². The van der Waals surface area contributed by atoms with E-state index in [1.54, 1.807) is 0 Å². The van der Waals surface area contributed by atoms with Crippen LogP contribution in [-0.2, 0) is 0 Å². The highest BCUT2D eigenvalue weighted by atomic mass is 16.0. The van der Waals surface area contributed by atoms with Crippen LogP contribution in [-0.4, -0.2) is 5.48 Å². The van der Waals surface area contributed by atoms with Gasteiger partial charge in [0.2, 0.25) is 0 Å². The highest BCUT2D eigenvalue weighted by Gasteiger charge is 1.97. The van der Waals surface area contributed by atoms with Gasteiger partial charge in [-0.3, -0.25) is 0 Å². The zero-order valence-electron chi connectivity index (χ0n) is 8.27. The summed E-state index contributed by atoms with van der Waals surface area (Å²) in [6, 6.07) is 15.5. The summed E-state index contributed by atoms with van der Waals surface area (Å²) < 4.78 is 0. The second-order valence-electron chi connectivity index (χ2n) is 3.25. The first-order valence-corrected chi connectivity index (χ1v) is 4.47. The van der Waals surface area contributed by atoms with E-state index in [0.29, 0.717) is 0 Å². The molecule has 0 aliphatic carbocycles. The molecule has 0 unspecified atom stereocenters. The SMILES string of the molecule is Nc1cccc(-c2cccc(N)c2)c1.O. The smallest absolute Gasteiger partial charge is 0.0320 e. The molecule has 3 heteroatoms. The van der Waals surface area contributed by atoms with Gasteiger partial charge in [0.15, 0.2) is 0 Å². The molecule has 0 saturated heterocycles. The van der Waals surface area contributed by atoms with E-state index in [2.05, 4.69) is 0 Å². The van der Waals surface area contributed by atoms with Crippen LogP contribution >= 0.6 is 0 Å². The third-order valence-corrected chi connectivity index (χ3v) is 2.11. The first-order valence-electron chi connectivity index (χ1n) is 4.47. The molecule has 0 heterocycles. The molecule has 0 radical (unpaired) electrons. The maximum atomic E-state index is 5.70. The molecular formula is C12H14N2O. The quantitative estimate of drug-likeness (QED) is 0.690. The zero-order valence-corrected chi connectivity index (χ0v) is 8.27. The normalized spacial score (nSPS) is 9.33. The Balaban J connectivity index is 0.00000112. The minimum Gasteiger partial charge on any atom is -0.412 e. The number of nitrogens with two attached hydrogens (primary N) is 2. The molecule has 0 aliphatic heterocycles. The molecule has 2 rings (SSSR count). The van der Waals surface area contributed by atoms with Crippen LogP contribution in [0, 0.1) is 0 Å². The Labute approximate surface area is 88.6 Å². The molecule has 0 fully saturated rings. The number of nitrogen functional groups attached to an aromatic ring is 2. The van der Waals surface area contributed by atoms with E-state index in [9.17, 15) is 0 Å². The standard InChI is InChI=1S/C12H12N2.H2O/c13-11-5-1-3-9(7-11)10-4-2-6-12(14)8-10;/h1-8H,13-14H2;1H2. The molecule has 0 aliphatic rings. The van der Waals surface area contributed by atoms with Crippen molar-refractivity contribution in [1.82, 2.24) is 0 Å². The number of anilines is 2. The molecule has 78 valence electrons. The van der Waals surface area contributed by atoms with E-state index in [-0.39, 0.29) is 5.48 Å². The summed E-state index contributed by atoms with van der Waals surface area (Å²) in [6.45, 7) is 0. The third-order valence-electron chi connectivity index (χ3n) is 2.11. The van der Waals surface area contributed by atoms with Crippen LogP contribution in [0.2, 0.25) is 0 Å². The minimum atomic E-state index is 0. The van der Waals surface area contributed by atoms with E-state index in [1.165, 1.54) is 0 Å². The van der Waals surface area contributed by atoms with Crippen LogP contribution in [0.1, 0.15) is 0 Å². The van der Waals surface area contributed by atoms with Crippen LogP contribution in [0.4, 0.5) is 11.4 Å². The molecule has 0 atom stereocenters. The zero-order chi connectivity index (χ0) is 9.97. The topological polar surface area (TPSA) is 83.5 Å². The fraction of sp³-hybridized carbons (Fsp3) is 0. The Hall–Kier alpha value is -2.00. The summed E-state index contributed by atoms with van der Waals surface area (Å²) in [7, 11) is 0. The molecule has 0 aromatic heterocycles. The number of benzene rings is 2. The average molecular weight is 202 g/mol. The molecular weight excluding hydrogens is 188 g/mol. The second-order valence-corrected chi connectivity index (χ2v) is 3.25. The van der Waals surface area contributed by atoms with Crippen molar-refractivity contribution in [3.8, 4) is 11.1 Å². The maximum Gasteiger partial charge on any atom is 0.0320 e. The highest BCUT2D eigenvalue weighted by molar-refractivity contribution is 5.70. The lowest BCUT2D eigenvalue weighted by Gasteiger charge is -2.03. The molecule has 2 aromatic rings. The summed E-state index contributed by atoms with van der Waals surface area (Å²) in [4.78, 5) is 0. The molecule has 0 spiro atoms. The first-order chi connectivity index (χ1) is 6.75. The van der Waals surface area contributed by atoms with Gasteiger partial charge in [-0.15, -0.1) is 0 Å². The fourth-order valence-corrected chi connectivity index (χ4v) is 1.44. The first kappa shape index (κ1) is 11.1. The van der Waals surface area contributed by atoms with Gasteiger partial charge in [-0.05, 0) is 35.4 Å². The number of hydrogen-bond donors (Lipinski definition) is 2. The Morgan fingerprint density at radius 1 is 0.667 bits per heavy atom. The average Bonchev–Trinajstić information content (AvgIpc) is 2.18. The number of hydrogen-bond acceptors (Lipinski definition) is 2. The van der Waals surface area contributed by atoms with Gasteiger partial charge in [0.25, 0.3) is 0 Å². The minimum absolute atomic E-state index is 0. The molecule has 3 nitrogen and oxygen atoms in total. The van der Waals surface area contributed by atoms with E-state index in [0.717, 1.165) is 22.5 Å². The maximum absolute atomic E-state index is 5.70. The van der Waals surface area contributed by atoms with Crippen molar-refractivity contribution in [1.29, 1.82) is 0 Å². The van der Waals surface area contributed by atoms with Gasteiger partial charge in [-0.1, -0.05) is 24.3 Å². The molecule has 6 N–H and O–H groups in total.